The zero-order valence-corrected chi connectivity index (χ0v) is 17.1. The van der Waals surface area contributed by atoms with Gasteiger partial charge in [-0.1, -0.05) is 24.3 Å². The minimum absolute atomic E-state index is 0.245. The largest absolute Gasteiger partial charge is 0.573 e. The zero-order valence-electron chi connectivity index (χ0n) is 17.1. The van der Waals surface area contributed by atoms with E-state index in [2.05, 4.69) is 19.9 Å². The summed E-state index contributed by atoms with van der Waals surface area (Å²) in [5.74, 6) is 0.790. The van der Waals surface area contributed by atoms with Crippen molar-refractivity contribution in [1.82, 2.24) is 10.2 Å². The lowest BCUT2D eigenvalue weighted by atomic mass is 10.2. The van der Waals surface area contributed by atoms with Crippen LogP contribution >= 0.6 is 0 Å². The third-order valence-corrected chi connectivity index (χ3v) is 4.00. The molecule has 0 heterocycles. The Labute approximate surface area is 174 Å². The molecular weight excluding hydrogens is 397 g/mol. The highest BCUT2D eigenvalue weighted by Gasteiger charge is 2.30. The lowest BCUT2D eigenvalue weighted by Crippen LogP contribution is -2.31. The van der Waals surface area contributed by atoms with Crippen molar-refractivity contribution < 1.29 is 22.6 Å². The van der Waals surface area contributed by atoms with Gasteiger partial charge in [-0.25, -0.2) is 4.99 Å². The van der Waals surface area contributed by atoms with Gasteiger partial charge in [0.1, 0.15) is 11.5 Å². The molecular formula is C21H27F3N4O2. The maximum atomic E-state index is 12.2. The summed E-state index contributed by atoms with van der Waals surface area (Å²) in [6.45, 7) is 2.37. The number of alkyl halides is 3. The quantitative estimate of drug-likeness (QED) is 0.347. The van der Waals surface area contributed by atoms with Gasteiger partial charge in [0, 0.05) is 13.1 Å². The average molecular weight is 424 g/mol. The molecule has 30 heavy (non-hydrogen) atoms. The summed E-state index contributed by atoms with van der Waals surface area (Å²) in [7, 11) is 4.05. The standard InChI is InChI=1S/C21H27F3N4O2/c1-28(2)12-3-13-29-18-8-4-16(5-9-18)14-26-20(25)27-15-17-6-10-19(11-7-17)30-21(22,23)24/h4-11H,3,12-15H2,1-2H3,(H3,25,26,27). The van der Waals surface area contributed by atoms with Crippen LogP contribution in [0, 0.1) is 0 Å². The van der Waals surface area contributed by atoms with E-state index in [1.165, 1.54) is 24.3 Å². The summed E-state index contributed by atoms with van der Waals surface area (Å²) in [5.41, 5.74) is 7.58. The molecule has 0 atom stereocenters. The van der Waals surface area contributed by atoms with Crippen LogP contribution in [-0.4, -0.2) is 44.5 Å². The fraction of sp³-hybridized carbons (Fsp3) is 0.381. The number of hydrogen-bond donors (Lipinski definition) is 2. The van der Waals surface area contributed by atoms with Gasteiger partial charge in [-0.05, 0) is 55.9 Å². The maximum Gasteiger partial charge on any atom is 0.573 e. The Morgan fingerprint density at radius 2 is 1.60 bits per heavy atom. The number of ether oxygens (including phenoxy) is 2. The molecule has 0 amide bonds. The number of halogens is 3. The number of nitrogens with two attached hydrogens (primary N) is 1. The Balaban J connectivity index is 1.74. The van der Waals surface area contributed by atoms with Crippen LogP contribution in [0.2, 0.25) is 0 Å². The third kappa shape index (κ3) is 9.51. The summed E-state index contributed by atoms with van der Waals surface area (Å²) in [5, 5.41) is 2.93. The van der Waals surface area contributed by atoms with Gasteiger partial charge in [-0.15, -0.1) is 13.2 Å². The molecule has 0 aliphatic heterocycles. The fourth-order valence-corrected chi connectivity index (χ4v) is 2.50. The minimum atomic E-state index is -4.70. The van der Waals surface area contributed by atoms with Gasteiger partial charge in [-0.3, -0.25) is 0 Å². The molecule has 0 aliphatic rings. The molecule has 6 nitrogen and oxygen atoms in total. The number of benzene rings is 2. The first-order chi connectivity index (χ1) is 14.2. The van der Waals surface area contributed by atoms with Gasteiger partial charge in [0.2, 0.25) is 0 Å². The summed E-state index contributed by atoms with van der Waals surface area (Å²) in [4.78, 5) is 6.37. The van der Waals surface area contributed by atoms with Crippen molar-refractivity contribution in [3.05, 3.63) is 59.7 Å². The van der Waals surface area contributed by atoms with Crippen molar-refractivity contribution >= 4 is 5.96 Å². The van der Waals surface area contributed by atoms with Crippen molar-refractivity contribution in [2.75, 3.05) is 27.2 Å². The molecule has 0 unspecified atom stereocenters. The first-order valence-electron chi connectivity index (χ1n) is 9.46. The second-order valence-electron chi connectivity index (χ2n) is 6.90. The second-order valence-corrected chi connectivity index (χ2v) is 6.90. The normalized spacial score (nSPS) is 12.1. The first-order valence-corrected chi connectivity index (χ1v) is 9.46. The molecule has 0 spiro atoms. The van der Waals surface area contributed by atoms with Crippen molar-refractivity contribution in [2.24, 2.45) is 10.7 Å². The summed E-state index contributed by atoms with van der Waals surface area (Å²) in [6, 6.07) is 13.2. The Kier molecular flexibility index (Phi) is 8.79. The van der Waals surface area contributed by atoms with Crippen LogP contribution in [-0.2, 0) is 13.1 Å². The van der Waals surface area contributed by atoms with Crippen LogP contribution in [0.5, 0.6) is 11.5 Å². The SMILES string of the molecule is CN(C)CCCOc1ccc(CN=C(N)NCc2ccc(OC(F)(F)F)cc2)cc1. The predicted octanol–water partition coefficient (Wildman–Crippen LogP) is 3.52. The number of rotatable bonds is 10. The summed E-state index contributed by atoms with van der Waals surface area (Å²) < 4.78 is 46.0. The Hall–Kier alpha value is -2.94. The number of nitrogens with one attached hydrogen (secondary N) is 1. The van der Waals surface area contributed by atoms with Crippen molar-refractivity contribution in [2.45, 2.75) is 25.9 Å². The number of hydrogen-bond acceptors (Lipinski definition) is 4. The highest BCUT2D eigenvalue weighted by atomic mass is 19.4. The lowest BCUT2D eigenvalue weighted by Gasteiger charge is -2.11. The molecule has 164 valence electrons. The van der Waals surface area contributed by atoms with Gasteiger partial charge in [0.05, 0.1) is 13.2 Å². The van der Waals surface area contributed by atoms with Crippen molar-refractivity contribution in [3.8, 4) is 11.5 Å². The van der Waals surface area contributed by atoms with Crippen molar-refractivity contribution in [3.63, 3.8) is 0 Å². The number of aliphatic imine (C=N–C) groups is 1. The third-order valence-electron chi connectivity index (χ3n) is 4.00. The Bertz CT molecular complexity index is 791. The molecule has 0 saturated heterocycles. The van der Waals surface area contributed by atoms with Crippen LogP contribution in [0.25, 0.3) is 0 Å². The van der Waals surface area contributed by atoms with E-state index in [0.29, 0.717) is 19.7 Å². The number of nitrogens with zero attached hydrogens (tertiary/aromatic N) is 2. The molecule has 2 aromatic rings. The average Bonchev–Trinajstić information content (AvgIpc) is 2.69. The van der Waals surface area contributed by atoms with Crippen molar-refractivity contribution in [1.29, 1.82) is 0 Å². The van der Waals surface area contributed by atoms with Gasteiger partial charge in [-0.2, -0.15) is 0 Å². The van der Waals surface area contributed by atoms with E-state index in [1.54, 1.807) is 0 Å². The molecule has 3 N–H and O–H groups in total. The molecule has 0 radical (unpaired) electrons. The van der Waals surface area contributed by atoms with Gasteiger partial charge in [0.25, 0.3) is 0 Å². The van der Waals surface area contributed by atoms with Crippen LogP contribution in [0.3, 0.4) is 0 Å². The summed E-state index contributed by atoms with van der Waals surface area (Å²) >= 11 is 0. The Morgan fingerprint density at radius 1 is 1.00 bits per heavy atom. The minimum Gasteiger partial charge on any atom is -0.494 e. The summed E-state index contributed by atoms with van der Waals surface area (Å²) in [6.07, 6.45) is -3.74. The molecule has 0 aliphatic carbocycles. The monoisotopic (exact) mass is 424 g/mol. The lowest BCUT2D eigenvalue weighted by molar-refractivity contribution is -0.274. The van der Waals surface area contributed by atoms with E-state index in [-0.39, 0.29) is 11.7 Å². The predicted molar refractivity (Wildman–Crippen MR) is 110 cm³/mol. The van der Waals surface area contributed by atoms with Gasteiger partial charge >= 0.3 is 6.36 Å². The molecule has 9 heteroatoms. The molecule has 0 fully saturated rings. The first kappa shape index (κ1) is 23.3. The smallest absolute Gasteiger partial charge is 0.494 e. The van der Waals surface area contributed by atoms with Crippen LogP contribution in [0.15, 0.2) is 53.5 Å². The van der Waals surface area contributed by atoms with E-state index >= 15 is 0 Å². The van der Waals surface area contributed by atoms with E-state index in [9.17, 15) is 13.2 Å². The second kappa shape index (κ2) is 11.3. The topological polar surface area (TPSA) is 72.1 Å². The highest BCUT2D eigenvalue weighted by Crippen LogP contribution is 2.22. The fourth-order valence-electron chi connectivity index (χ4n) is 2.50. The van der Waals surface area contributed by atoms with Gasteiger partial charge < -0.3 is 25.4 Å². The maximum absolute atomic E-state index is 12.2. The van der Waals surface area contributed by atoms with Crippen LogP contribution in [0.1, 0.15) is 17.5 Å². The van der Waals surface area contributed by atoms with E-state index in [1.807, 2.05) is 38.4 Å². The van der Waals surface area contributed by atoms with E-state index in [4.69, 9.17) is 10.5 Å². The molecule has 0 aromatic heterocycles. The van der Waals surface area contributed by atoms with Crippen LogP contribution in [0.4, 0.5) is 13.2 Å². The van der Waals surface area contributed by atoms with E-state index < -0.39 is 6.36 Å². The van der Waals surface area contributed by atoms with Crippen LogP contribution < -0.4 is 20.5 Å². The van der Waals surface area contributed by atoms with E-state index in [0.717, 1.165) is 29.8 Å². The molecule has 2 rings (SSSR count). The molecule has 0 bridgehead atoms. The molecule has 2 aromatic carbocycles. The number of guanidine groups is 1. The highest BCUT2D eigenvalue weighted by molar-refractivity contribution is 5.77. The van der Waals surface area contributed by atoms with Gasteiger partial charge in [0.15, 0.2) is 5.96 Å². The molecule has 0 saturated carbocycles. The Morgan fingerprint density at radius 3 is 2.20 bits per heavy atom. The zero-order chi connectivity index (χ0) is 22.0.